The van der Waals surface area contributed by atoms with Crippen LogP contribution in [0.15, 0.2) is 11.9 Å². The molecule has 0 amide bonds. The third-order valence-corrected chi connectivity index (χ3v) is 4.40. The average Bonchev–Trinajstić information content (AvgIpc) is 2.26. The SMILES string of the molecule is C=C(CN(CC)CC)P(=O)(OCC)OCC. The average molecular weight is 249 g/mol. The molecular formula is C11H24NO3P. The third kappa shape index (κ3) is 4.79. The minimum Gasteiger partial charge on any atom is -0.306 e. The molecule has 0 aromatic carbocycles. The molecule has 0 aromatic rings. The lowest BCUT2D eigenvalue weighted by atomic mass is 10.5. The van der Waals surface area contributed by atoms with Crippen LogP contribution in [0.1, 0.15) is 27.7 Å². The van der Waals surface area contributed by atoms with Crippen LogP contribution in [0.25, 0.3) is 0 Å². The van der Waals surface area contributed by atoms with Crippen molar-refractivity contribution in [2.45, 2.75) is 27.7 Å². The fourth-order valence-electron chi connectivity index (χ4n) is 1.35. The number of nitrogens with zero attached hydrogens (tertiary/aromatic N) is 1. The van der Waals surface area contributed by atoms with Crippen molar-refractivity contribution >= 4 is 7.60 Å². The molecule has 0 aliphatic heterocycles. The molecule has 5 heteroatoms. The Morgan fingerprint density at radius 2 is 1.56 bits per heavy atom. The maximum atomic E-state index is 12.3. The second-order valence-corrected chi connectivity index (χ2v) is 5.50. The number of rotatable bonds is 9. The van der Waals surface area contributed by atoms with Crippen LogP contribution in [-0.4, -0.2) is 37.7 Å². The van der Waals surface area contributed by atoms with Gasteiger partial charge in [0.1, 0.15) is 0 Å². The standard InChI is InChI=1S/C11H24NO3P/c1-6-12(7-2)10-11(5)16(13,14-8-3)15-9-4/h5-10H2,1-4H3. The van der Waals surface area contributed by atoms with Crippen LogP contribution in [0.2, 0.25) is 0 Å². The molecule has 0 bridgehead atoms. The Balaban J connectivity index is 4.55. The lowest BCUT2D eigenvalue weighted by Crippen LogP contribution is -2.25. The molecule has 0 aliphatic carbocycles. The summed E-state index contributed by atoms with van der Waals surface area (Å²) in [6, 6.07) is 0. The molecule has 16 heavy (non-hydrogen) atoms. The second kappa shape index (κ2) is 8.02. The van der Waals surface area contributed by atoms with Gasteiger partial charge in [0.25, 0.3) is 0 Å². The van der Waals surface area contributed by atoms with E-state index in [0.717, 1.165) is 13.1 Å². The molecule has 0 saturated heterocycles. The zero-order valence-corrected chi connectivity index (χ0v) is 11.8. The predicted molar refractivity (Wildman–Crippen MR) is 67.8 cm³/mol. The lowest BCUT2D eigenvalue weighted by molar-refractivity contribution is 0.222. The first-order valence-corrected chi connectivity index (χ1v) is 7.38. The van der Waals surface area contributed by atoms with Gasteiger partial charge in [-0.25, -0.2) is 0 Å². The van der Waals surface area contributed by atoms with Crippen molar-refractivity contribution in [1.82, 2.24) is 4.90 Å². The van der Waals surface area contributed by atoms with Crippen molar-refractivity contribution in [3.05, 3.63) is 11.9 Å². The summed E-state index contributed by atoms with van der Waals surface area (Å²) in [7, 11) is -3.13. The third-order valence-electron chi connectivity index (χ3n) is 2.29. The molecule has 0 N–H and O–H groups in total. The fraction of sp³-hybridized carbons (Fsp3) is 0.818. The Kier molecular flexibility index (Phi) is 7.94. The molecule has 0 radical (unpaired) electrons. The summed E-state index contributed by atoms with van der Waals surface area (Å²) in [4.78, 5) is 2.13. The predicted octanol–water partition coefficient (Wildman–Crippen LogP) is 3.11. The van der Waals surface area contributed by atoms with E-state index in [0.29, 0.717) is 25.1 Å². The first kappa shape index (κ1) is 15.9. The molecule has 4 nitrogen and oxygen atoms in total. The molecule has 0 aliphatic rings. The van der Waals surface area contributed by atoms with E-state index in [-0.39, 0.29) is 0 Å². The zero-order valence-electron chi connectivity index (χ0n) is 10.9. The van der Waals surface area contributed by atoms with Gasteiger partial charge in [0.05, 0.1) is 13.2 Å². The van der Waals surface area contributed by atoms with Crippen molar-refractivity contribution in [2.75, 3.05) is 32.8 Å². The quantitative estimate of drug-likeness (QED) is 0.588. The Morgan fingerprint density at radius 3 is 1.88 bits per heavy atom. The normalized spacial score (nSPS) is 12.1. The molecule has 0 aromatic heterocycles. The largest absolute Gasteiger partial charge is 0.358 e. The summed E-state index contributed by atoms with van der Waals surface area (Å²) in [5, 5.41) is 0.542. The maximum Gasteiger partial charge on any atom is 0.358 e. The Labute approximate surface area is 99.1 Å². The highest BCUT2D eigenvalue weighted by Gasteiger charge is 2.28. The fourth-order valence-corrected chi connectivity index (χ4v) is 2.84. The van der Waals surface area contributed by atoms with Gasteiger partial charge in [-0.1, -0.05) is 20.4 Å². The lowest BCUT2D eigenvalue weighted by Gasteiger charge is -2.24. The van der Waals surface area contributed by atoms with E-state index < -0.39 is 7.60 Å². The van der Waals surface area contributed by atoms with Crippen molar-refractivity contribution in [1.29, 1.82) is 0 Å². The van der Waals surface area contributed by atoms with Gasteiger partial charge in [0.2, 0.25) is 0 Å². The van der Waals surface area contributed by atoms with Crippen molar-refractivity contribution in [3.8, 4) is 0 Å². The van der Waals surface area contributed by atoms with Gasteiger partial charge in [-0.05, 0) is 26.9 Å². The molecule has 96 valence electrons. The van der Waals surface area contributed by atoms with E-state index in [1.54, 1.807) is 13.8 Å². The van der Waals surface area contributed by atoms with Crippen LogP contribution >= 0.6 is 7.60 Å². The number of likely N-dealkylation sites (N-methyl/N-ethyl adjacent to an activating group) is 1. The van der Waals surface area contributed by atoms with Crippen LogP contribution in [0.5, 0.6) is 0 Å². The molecule has 0 unspecified atom stereocenters. The summed E-state index contributed by atoms with van der Waals surface area (Å²) < 4.78 is 22.8. The first-order valence-electron chi connectivity index (χ1n) is 5.83. The van der Waals surface area contributed by atoms with Crippen LogP contribution < -0.4 is 0 Å². The molecule has 0 rings (SSSR count). The van der Waals surface area contributed by atoms with Crippen LogP contribution in [-0.2, 0) is 13.6 Å². The van der Waals surface area contributed by atoms with E-state index >= 15 is 0 Å². The number of hydrogen-bond donors (Lipinski definition) is 0. The summed E-state index contributed by atoms with van der Waals surface area (Å²) in [5.74, 6) is 0. The highest BCUT2D eigenvalue weighted by molar-refractivity contribution is 7.58. The molecule has 0 atom stereocenters. The monoisotopic (exact) mass is 249 g/mol. The minimum absolute atomic E-state index is 0.370. The van der Waals surface area contributed by atoms with Crippen molar-refractivity contribution < 1.29 is 13.6 Å². The molecule has 0 fully saturated rings. The van der Waals surface area contributed by atoms with Gasteiger partial charge in [0.15, 0.2) is 0 Å². The van der Waals surface area contributed by atoms with E-state index in [2.05, 4.69) is 25.3 Å². The maximum absolute atomic E-state index is 12.3. The van der Waals surface area contributed by atoms with E-state index in [1.165, 1.54) is 0 Å². The van der Waals surface area contributed by atoms with Gasteiger partial charge in [-0.3, -0.25) is 9.46 Å². The summed E-state index contributed by atoms with van der Waals surface area (Å²) >= 11 is 0. The van der Waals surface area contributed by atoms with Gasteiger partial charge in [0, 0.05) is 11.9 Å². The Morgan fingerprint density at radius 1 is 1.12 bits per heavy atom. The molecule has 0 saturated carbocycles. The van der Waals surface area contributed by atoms with E-state index in [1.807, 2.05) is 0 Å². The highest BCUT2D eigenvalue weighted by atomic mass is 31.2. The first-order chi connectivity index (χ1) is 7.53. The molecule has 0 heterocycles. The second-order valence-electron chi connectivity index (χ2n) is 3.36. The van der Waals surface area contributed by atoms with E-state index in [4.69, 9.17) is 9.05 Å². The van der Waals surface area contributed by atoms with Crippen LogP contribution in [0.3, 0.4) is 0 Å². The van der Waals surface area contributed by atoms with Crippen LogP contribution in [0, 0.1) is 0 Å². The van der Waals surface area contributed by atoms with Gasteiger partial charge >= 0.3 is 7.60 Å². The smallest absolute Gasteiger partial charge is 0.306 e. The van der Waals surface area contributed by atoms with E-state index in [9.17, 15) is 4.57 Å². The van der Waals surface area contributed by atoms with Crippen molar-refractivity contribution in [2.24, 2.45) is 0 Å². The van der Waals surface area contributed by atoms with Gasteiger partial charge in [-0.2, -0.15) is 0 Å². The highest BCUT2D eigenvalue weighted by Crippen LogP contribution is 2.55. The molecular weight excluding hydrogens is 225 g/mol. The Bertz CT molecular complexity index is 242. The van der Waals surface area contributed by atoms with Crippen molar-refractivity contribution in [3.63, 3.8) is 0 Å². The van der Waals surface area contributed by atoms with Crippen LogP contribution in [0.4, 0.5) is 0 Å². The molecule has 0 spiro atoms. The Hall–Kier alpha value is -0.150. The van der Waals surface area contributed by atoms with Gasteiger partial charge < -0.3 is 9.05 Å². The summed E-state index contributed by atoms with van der Waals surface area (Å²) in [6.45, 7) is 14.7. The summed E-state index contributed by atoms with van der Waals surface area (Å²) in [6.07, 6.45) is 0. The number of hydrogen-bond acceptors (Lipinski definition) is 4. The zero-order chi connectivity index (χ0) is 12.6. The summed E-state index contributed by atoms with van der Waals surface area (Å²) in [5.41, 5.74) is 0. The topological polar surface area (TPSA) is 38.8 Å². The minimum atomic E-state index is -3.13. The van der Waals surface area contributed by atoms with Gasteiger partial charge in [-0.15, -0.1) is 0 Å².